The molecule has 2 unspecified atom stereocenters. The normalized spacial score (nSPS) is 19.4. The van der Waals surface area contributed by atoms with Crippen LogP contribution in [-0.4, -0.2) is 6.10 Å². The highest BCUT2D eigenvalue weighted by Gasteiger charge is 2.21. The highest BCUT2D eigenvalue weighted by molar-refractivity contribution is 9.09. The fourth-order valence-electron chi connectivity index (χ4n) is 2.35. The van der Waals surface area contributed by atoms with Crippen LogP contribution in [0.4, 0.5) is 0 Å². The second-order valence-electron chi connectivity index (χ2n) is 4.81. The zero-order chi connectivity index (χ0) is 12.7. The molecular weight excluding hydrogens is 308 g/mol. The van der Waals surface area contributed by atoms with Crippen molar-refractivity contribution in [1.29, 1.82) is 0 Å². The summed E-state index contributed by atoms with van der Waals surface area (Å²) in [6.45, 7) is 4.26. The highest BCUT2D eigenvalue weighted by Crippen LogP contribution is 2.38. The van der Waals surface area contributed by atoms with Crippen molar-refractivity contribution < 1.29 is 4.74 Å². The lowest BCUT2D eigenvalue weighted by Crippen LogP contribution is -2.05. The van der Waals surface area contributed by atoms with Gasteiger partial charge in [-0.3, -0.25) is 0 Å². The maximum Gasteiger partial charge on any atom is 0.123 e. The summed E-state index contributed by atoms with van der Waals surface area (Å²) in [5, 5.41) is 0. The summed E-state index contributed by atoms with van der Waals surface area (Å²) in [5.74, 6) is 1.05. The van der Waals surface area contributed by atoms with Gasteiger partial charge in [-0.15, -0.1) is 11.3 Å². The topological polar surface area (TPSA) is 9.23 Å². The molecule has 0 spiro atoms. The van der Waals surface area contributed by atoms with E-state index in [4.69, 9.17) is 4.74 Å². The number of fused-ring (bicyclic) bond motifs is 1. The average Bonchev–Trinajstić information content (AvgIpc) is 2.92. The summed E-state index contributed by atoms with van der Waals surface area (Å²) in [6, 6.07) is 10.9. The average molecular weight is 323 g/mol. The number of halogens is 1. The van der Waals surface area contributed by atoms with Crippen LogP contribution in [-0.2, 0) is 6.42 Å². The van der Waals surface area contributed by atoms with E-state index in [0.29, 0.717) is 6.10 Å². The van der Waals surface area contributed by atoms with Crippen molar-refractivity contribution in [2.75, 3.05) is 0 Å². The molecule has 0 N–H and O–H groups in total. The van der Waals surface area contributed by atoms with Crippen molar-refractivity contribution in [3.8, 4) is 5.75 Å². The van der Waals surface area contributed by atoms with Gasteiger partial charge in [0.25, 0.3) is 0 Å². The monoisotopic (exact) mass is 322 g/mol. The quantitative estimate of drug-likeness (QED) is 0.717. The molecular formula is C15H15BrOS. The molecule has 2 heterocycles. The third-order valence-electron chi connectivity index (χ3n) is 3.22. The Morgan fingerprint density at radius 3 is 2.89 bits per heavy atom. The van der Waals surface area contributed by atoms with Gasteiger partial charge in [0.05, 0.1) is 4.83 Å². The Kier molecular flexibility index (Phi) is 3.20. The number of benzene rings is 1. The van der Waals surface area contributed by atoms with Crippen LogP contribution in [0, 0.1) is 6.92 Å². The van der Waals surface area contributed by atoms with E-state index >= 15 is 0 Å². The number of aryl methyl sites for hydroxylation is 1. The molecule has 1 aromatic heterocycles. The Morgan fingerprint density at radius 1 is 1.33 bits per heavy atom. The van der Waals surface area contributed by atoms with E-state index in [1.165, 1.54) is 20.9 Å². The highest BCUT2D eigenvalue weighted by atomic mass is 79.9. The molecule has 18 heavy (non-hydrogen) atoms. The van der Waals surface area contributed by atoms with Gasteiger partial charge in [0.2, 0.25) is 0 Å². The number of hydrogen-bond donors (Lipinski definition) is 0. The Labute approximate surface area is 120 Å². The van der Waals surface area contributed by atoms with Gasteiger partial charge >= 0.3 is 0 Å². The summed E-state index contributed by atoms with van der Waals surface area (Å²) >= 11 is 5.65. The number of thiophene rings is 1. The van der Waals surface area contributed by atoms with E-state index in [9.17, 15) is 0 Å². The van der Waals surface area contributed by atoms with E-state index in [1.807, 2.05) is 11.3 Å². The molecule has 1 aliphatic heterocycles. The Balaban J connectivity index is 1.91. The minimum absolute atomic E-state index is 0.289. The van der Waals surface area contributed by atoms with E-state index < -0.39 is 0 Å². The molecule has 0 fully saturated rings. The maximum absolute atomic E-state index is 5.74. The van der Waals surface area contributed by atoms with Crippen LogP contribution >= 0.6 is 27.3 Å². The number of rotatable bonds is 2. The van der Waals surface area contributed by atoms with Gasteiger partial charge in [0.1, 0.15) is 11.9 Å². The first-order valence-corrected chi connectivity index (χ1v) is 7.86. The lowest BCUT2D eigenvalue weighted by molar-refractivity contribution is 0.254. The SMILES string of the molecule is Cc1ccc(C(Br)c2ccc3c(c2)CC(C)O3)s1. The first-order chi connectivity index (χ1) is 8.63. The molecule has 0 saturated heterocycles. The van der Waals surface area contributed by atoms with Gasteiger partial charge in [-0.2, -0.15) is 0 Å². The number of hydrogen-bond acceptors (Lipinski definition) is 2. The van der Waals surface area contributed by atoms with Gasteiger partial charge < -0.3 is 4.74 Å². The van der Waals surface area contributed by atoms with Crippen LogP contribution in [0.25, 0.3) is 0 Å². The lowest BCUT2D eigenvalue weighted by Gasteiger charge is -2.09. The fourth-order valence-corrected chi connectivity index (χ4v) is 3.95. The van der Waals surface area contributed by atoms with Crippen LogP contribution < -0.4 is 4.74 Å². The molecule has 0 saturated carbocycles. The summed E-state index contributed by atoms with van der Waals surface area (Å²) in [4.78, 5) is 3.00. The molecule has 2 aromatic rings. The third kappa shape index (κ3) is 2.21. The zero-order valence-electron chi connectivity index (χ0n) is 10.4. The summed E-state index contributed by atoms with van der Waals surface area (Å²) in [6.07, 6.45) is 1.33. The van der Waals surface area contributed by atoms with Gasteiger partial charge in [-0.1, -0.05) is 28.1 Å². The van der Waals surface area contributed by atoms with Crippen LogP contribution in [0.5, 0.6) is 5.75 Å². The third-order valence-corrected chi connectivity index (χ3v) is 5.61. The fraction of sp³-hybridized carbons (Fsp3) is 0.333. The van der Waals surface area contributed by atoms with Crippen molar-refractivity contribution in [2.45, 2.75) is 31.2 Å². The van der Waals surface area contributed by atoms with Crippen molar-refractivity contribution in [1.82, 2.24) is 0 Å². The predicted molar refractivity (Wildman–Crippen MR) is 80.1 cm³/mol. The minimum atomic E-state index is 0.289. The van der Waals surface area contributed by atoms with E-state index in [1.54, 1.807) is 0 Å². The van der Waals surface area contributed by atoms with Gasteiger partial charge in [-0.05, 0) is 43.2 Å². The van der Waals surface area contributed by atoms with Crippen molar-refractivity contribution >= 4 is 27.3 Å². The Hall–Kier alpha value is -0.800. The Bertz CT molecular complexity index is 576. The van der Waals surface area contributed by atoms with Crippen LogP contribution in [0.2, 0.25) is 0 Å². The summed E-state index contributed by atoms with van der Waals surface area (Å²) in [7, 11) is 0. The van der Waals surface area contributed by atoms with Crippen molar-refractivity contribution in [3.05, 3.63) is 51.2 Å². The summed E-state index contributed by atoms with van der Waals surface area (Å²) < 4.78 is 5.74. The lowest BCUT2D eigenvalue weighted by atomic mass is 10.0. The molecule has 94 valence electrons. The van der Waals surface area contributed by atoms with Crippen molar-refractivity contribution in [2.24, 2.45) is 0 Å². The number of alkyl halides is 1. The largest absolute Gasteiger partial charge is 0.490 e. The van der Waals surface area contributed by atoms with Gasteiger partial charge in [0.15, 0.2) is 0 Å². The molecule has 0 bridgehead atoms. The summed E-state index contributed by atoms with van der Waals surface area (Å²) in [5.41, 5.74) is 2.64. The van der Waals surface area contributed by atoms with E-state index in [-0.39, 0.29) is 4.83 Å². The molecule has 3 rings (SSSR count). The standard InChI is InChI=1S/C15H15BrOS/c1-9-7-12-8-11(4-5-13(12)17-9)15(16)14-6-3-10(2)18-14/h3-6,8-9,15H,7H2,1-2H3. The molecule has 0 radical (unpaired) electrons. The van der Waals surface area contributed by atoms with E-state index in [2.05, 4.69) is 60.1 Å². The molecule has 2 atom stereocenters. The molecule has 1 aromatic carbocycles. The van der Waals surface area contributed by atoms with Gasteiger partial charge in [0, 0.05) is 16.2 Å². The van der Waals surface area contributed by atoms with Crippen LogP contribution in [0.1, 0.15) is 32.6 Å². The first kappa shape index (κ1) is 12.2. The number of ether oxygens (including phenoxy) is 1. The predicted octanol–water partition coefficient (Wildman–Crippen LogP) is 4.86. The zero-order valence-corrected chi connectivity index (χ0v) is 12.8. The van der Waals surface area contributed by atoms with Crippen LogP contribution in [0.15, 0.2) is 30.3 Å². The molecule has 1 aliphatic rings. The smallest absolute Gasteiger partial charge is 0.123 e. The molecule has 3 heteroatoms. The van der Waals surface area contributed by atoms with E-state index in [0.717, 1.165) is 12.2 Å². The Morgan fingerprint density at radius 2 is 2.17 bits per heavy atom. The van der Waals surface area contributed by atoms with Crippen LogP contribution in [0.3, 0.4) is 0 Å². The molecule has 1 nitrogen and oxygen atoms in total. The van der Waals surface area contributed by atoms with Crippen molar-refractivity contribution in [3.63, 3.8) is 0 Å². The second kappa shape index (κ2) is 4.71. The minimum Gasteiger partial charge on any atom is -0.490 e. The maximum atomic E-state index is 5.74. The molecule has 0 amide bonds. The second-order valence-corrected chi connectivity index (χ2v) is 7.05. The molecule has 0 aliphatic carbocycles. The van der Waals surface area contributed by atoms with Gasteiger partial charge in [-0.25, -0.2) is 0 Å². The first-order valence-electron chi connectivity index (χ1n) is 6.13.